The molecule has 2 saturated heterocycles. The summed E-state index contributed by atoms with van der Waals surface area (Å²) in [6, 6.07) is 11.6. The SMILES string of the molecule is N=Cc1c(N)cccc1-c1nc(N2CCOCC2)c2sc(CN3CCN(C(=O)CCC(=O)/C=C/c4cccs4)CC3)cc2n1. The van der Waals surface area contributed by atoms with E-state index in [0.717, 1.165) is 59.2 Å². The lowest BCUT2D eigenvalue weighted by molar-refractivity contribution is -0.134. The van der Waals surface area contributed by atoms with Gasteiger partial charge in [0.1, 0.15) is 0 Å². The third kappa shape index (κ3) is 6.88. The fourth-order valence-electron chi connectivity index (χ4n) is 5.50. The molecule has 10 nitrogen and oxygen atoms in total. The molecule has 12 heteroatoms. The average Bonchev–Trinajstić information content (AvgIpc) is 3.72. The molecule has 1 aromatic carbocycles. The number of nitrogens with one attached hydrogen (secondary N) is 1. The Hall–Kier alpha value is -3.97. The summed E-state index contributed by atoms with van der Waals surface area (Å²) < 4.78 is 6.64. The van der Waals surface area contributed by atoms with Crippen LogP contribution in [0.2, 0.25) is 0 Å². The molecule has 44 heavy (non-hydrogen) atoms. The molecule has 2 fully saturated rings. The molecule has 0 unspecified atom stereocenters. The number of ketones is 1. The summed E-state index contributed by atoms with van der Waals surface area (Å²) in [6.07, 6.45) is 5.11. The van der Waals surface area contributed by atoms with Crippen LogP contribution in [0.15, 0.2) is 47.9 Å². The number of benzene rings is 1. The predicted octanol–water partition coefficient (Wildman–Crippen LogP) is 4.54. The number of carbonyl (C=O) groups excluding carboxylic acids is 2. The van der Waals surface area contributed by atoms with E-state index in [1.165, 1.54) is 11.1 Å². The fourth-order valence-corrected chi connectivity index (χ4v) is 7.27. The molecule has 228 valence electrons. The van der Waals surface area contributed by atoms with Gasteiger partial charge in [-0.25, -0.2) is 9.97 Å². The second-order valence-electron chi connectivity index (χ2n) is 10.8. The lowest BCUT2D eigenvalue weighted by Gasteiger charge is -2.34. The van der Waals surface area contributed by atoms with Crippen LogP contribution in [0.5, 0.6) is 0 Å². The topological polar surface area (TPSA) is 129 Å². The number of anilines is 2. The standard InChI is InChI=1S/C32H35N7O3S2/c33-20-26-25(4-1-5-27(26)34)31-35-28-19-24(44-30(28)32(36-31)39-14-16-42-17-15-39)21-37-10-12-38(13-11-37)29(41)9-7-22(40)6-8-23-3-2-18-43-23/h1-6,8,18-20,33H,7,9-17,21,34H2/b8-6+,33-20?. The largest absolute Gasteiger partial charge is 0.398 e. The van der Waals surface area contributed by atoms with Gasteiger partial charge in [0.25, 0.3) is 0 Å². The van der Waals surface area contributed by atoms with Gasteiger partial charge in [0.15, 0.2) is 17.4 Å². The first-order valence-electron chi connectivity index (χ1n) is 14.8. The number of nitrogens with two attached hydrogens (primary N) is 1. The van der Waals surface area contributed by atoms with E-state index < -0.39 is 0 Å². The van der Waals surface area contributed by atoms with E-state index in [9.17, 15) is 9.59 Å². The first-order valence-corrected chi connectivity index (χ1v) is 16.4. The maximum absolute atomic E-state index is 12.8. The van der Waals surface area contributed by atoms with Gasteiger partial charge >= 0.3 is 0 Å². The summed E-state index contributed by atoms with van der Waals surface area (Å²) in [5.74, 6) is 1.45. The Morgan fingerprint density at radius 3 is 2.59 bits per heavy atom. The normalized spacial score (nSPS) is 16.2. The maximum atomic E-state index is 12.8. The molecule has 2 aliphatic heterocycles. The molecule has 2 aliphatic rings. The van der Waals surface area contributed by atoms with Gasteiger partial charge in [0.2, 0.25) is 5.91 Å². The van der Waals surface area contributed by atoms with Crippen molar-refractivity contribution >= 4 is 68.4 Å². The van der Waals surface area contributed by atoms with Crippen molar-refractivity contribution in [1.82, 2.24) is 19.8 Å². The van der Waals surface area contributed by atoms with Crippen LogP contribution in [-0.2, 0) is 20.9 Å². The van der Waals surface area contributed by atoms with Gasteiger partial charge < -0.3 is 25.7 Å². The molecule has 0 saturated carbocycles. The van der Waals surface area contributed by atoms with Gasteiger partial charge in [-0.3, -0.25) is 14.5 Å². The number of piperazine rings is 1. The zero-order chi connectivity index (χ0) is 30.5. The number of ether oxygens (including phenoxy) is 1. The number of hydrogen-bond acceptors (Lipinski definition) is 11. The number of allylic oxidation sites excluding steroid dienone is 1. The van der Waals surface area contributed by atoms with E-state index in [0.29, 0.717) is 43.4 Å². The van der Waals surface area contributed by atoms with Crippen molar-refractivity contribution in [3.8, 4) is 11.4 Å². The summed E-state index contributed by atoms with van der Waals surface area (Å²) in [6.45, 7) is 6.38. The van der Waals surface area contributed by atoms with E-state index in [-0.39, 0.29) is 24.5 Å². The summed E-state index contributed by atoms with van der Waals surface area (Å²) in [7, 11) is 0. The van der Waals surface area contributed by atoms with Crippen LogP contribution in [0.3, 0.4) is 0 Å². The predicted molar refractivity (Wildman–Crippen MR) is 178 cm³/mol. The number of carbonyl (C=O) groups is 2. The van der Waals surface area contributed by atoms with Gasteiger partial charge in [0.05, 0.1) is 23.4 Å². The molecule has 0 aliphatic carbocycles. The molecule has 0 radical (unpaired) electrons. The monoisotopic (exact) mass is 629 g/mol. The Bertz CT molecular complexity index is 1670. The molecule has 1 amide bonds. The summed E-state index contributed by atoms with van der Waals surface area (Å²) in [5, 5.41) is 9.90. The number of rotatable bonds is 10. The Kier molecular flexibility index (Phi) is 9.41. The van der Waals surface area contributed by atoms with Crippen molar-refractivity contribution in [2.45, 2.75) is 19.4 Å². The van der Waals surface area contributed by atoms with Crippen molar-refractivity contribution in [3.63, 3.8) is 0 Å². The van der Waals surface area contributed by atoms with Gasteiger partial charge in [-0.15, -0.1) is 22.7 Å². The van der Waals surface area contributed by atoms with Crippen LogP contribution >= 0.6 is 22.7 Å². The van der Waals surface area contributed by atoms with Crippen LogP contribution in [0.4, 0.5) is 11.5 Å². The molecular formula is C32H35N7O3S2. The minimum atomic E-state index is -0.0253. The molecule has 3 aromatic heterocycles. The number of aromatic nitrogens is 2. The molecule has 0 atom stereocenters. The highest BCUT2D eigenvalue weighted by Gasteiger charge is 2.24. The maximum Gasteiger partial charge on any atom is 0.223 e. The molecule has 3 N–H and O–H groups in total. The van der Waals surface area contributed by atoms with Crippen LogP contribution in [0, 0.1) is 5.41 Å². The highest BCUT2D eigenvalue weighted by molar-refractivity contribution is 7.19. The zero-order valence-corrected chi connectivity index (χ0v) is 26.0. The minimum Gasteiger partial charge on any atom is -0.398 e. The second-order valence-corrected chi connectivity index (χ2v) is 12.9. The molecule has 0 spiro atoms. The minimum absolute atomic E-state index is 0.0253. The van der Waals surface area contributed by atoms with E-state index in [4.69, 9.17) is 25.8 Å². The van der Waals surface area contributed by atoms with Crippen molar-refractivity contribution in [3.05, 3.63) is 63.2 Å². The quantitative estimate of drug-likeness (QED) is 0.149. The Morgan fingerprint density at radius 1 is 1.02 bits per heavy atom. The van der Waals surface area contributed by atoms with E-state index in [2.05, 4.69) is 15.9 Å². The van der Waals surface area contributed by atoms with Gasteiger partial charge in [-0.2, -0.15) is 0 Å². The number of fused-ring (bicyclic) bond motifs is 1. The molecular weight excluding hydrogens is 595 g/mol. The van der Waals surface area contributed by atoms with Crippen LogP contribution in [-0.4, -0.2) is 90.2 Å². The van der Waals surface area contributed by atoms with Crippen molar-refractivity contribution < 1.29 is 14.3 Å². The van der Waals surface area contributed by atoms with E-state index in [1.807, 2.05) is 40.6 Å². The number of amides is 1. The first-order chi connectivity index (χ1) is 21.5. The van der Waals surface area contributed by atoms with E-state index in [1.54, 1.807) is 34.8 Å². The van der Waals surface area contributed by atoms with E-state index >= 15 is 0 Å². The molecule has 6 rings (SSSR count). The first kappa shape index (κ1) is 30.1. The number of nitrogens with zero attached hydrogens (tertiary/aromatic N) is 5. The summed E-state index contributed by atoms with van der Waals surface area (Å²) in [4.78, 5) is 43.7. The Morgan fingerprint density at radius 2 is 1.84 bits per heavy atom. The number of thiophene rings is 2. The Balaban J connectivity index is 1.12. The summed E-state index contributed by atoms with van der Waals surface area (Å²) in [5.41, 5.74) is 8.93. The molecule has 5 heterocycles. The third-order valence-corrected chi connectivity index (χ3v) is 9.85. The smallest absolute Gasteiger partial charge is 0.223 e. The van der Waals surface area contributed by atoms with Gasteiger partial charge in [-0.1, -0.05) is 18.2 Å². The lowest BCUT2D eigenvalue weighted by atomic mass is 10.1. The third-order valence-electron chi connectivity index (χ3n) is 7.91. The summed E-state index contributed by atoms with van der Waals surface area (Å²) >= 11 is 3.29. The van der Waals surface area contributed by atoms with Gasteiger partial charge in [0, 0.05) is 91.4 Å². The average molecular weight is 630 g/mol. The number of hydrogen-bond donors (Lipinski definition) is 2. The number of morpholine rings is 1. The number of nitrogen functional groups attached to an aromatic ring is 1. The highest BCUT2D eigenvalue weighted by atomic mass is 32.1. The van der Waals surface area contributed by atoms with Crippen LogP contribution in [0.1, 0.15) is 28.2 Å². The van der Waals surface area contributed by atoms with Crippen LogP contribution < -0.4 is 10.6 Å². The second kappa shape index (κ2) is 13.8. The highest BCUT2D eigenvalue weighted by Crippen LogP contribution is 2.36. The van der Waals surface area contributed by atoms with Crippen molar-refractivity contribution in [1.29, 1.82) is 5.41 Å². The zero-order valence-electron chi connectivity index (χ0n) is 24.4. The van der Waals surface area contributed by atoms with Crippen LogP contribution in [0.25, 0.3) is 27.7 Å². The Labute approximate surface area is 264 Å². The molecule has 4 aromatic rings. The fraction of sp³-hybridized carbons (Fsp3) is 0.344. The van der Waals surface area contributed by atoms with Crippen molar-refractivity contribution in [2.24, 2.45) is 0 Å². The lowest BCUT2D eigenvalue weighted by Crippen LogP contribution is -2.48. The molecule has 0 bridgehead atoms. The van der Waals surface area contributed by atoms with Gasteiger partial charge in [-0.05, 0) is 35.7 Å². The van der Waals surface area contributed by atoms with Crippen molar-refractivity contribution in [2.75, 3.05) is 63.1 Å².